The summed E-state index contributed by atoms with van der Waals surface area (Å²) in [4.78, 5) is 4.93. The summed E-state index contributed by atoms with van der Waals surface area (Å²) in [5.74, 6) is 1.06. The summed E-state index contributed by atoms with van der Waals surface area (Å²) in [6.07, 6.45) is 4.53. The number of furan rings is 1. The molecule has 4 heteroatoms. The van der Waals surface area contributed by atoms with Crippen molar-refractivity contribution in [2.75, 3.05) is 40.3 Å². The molecule has 1 fully saturated rings. The van der Waals surface area contributed by atoms with Gasteiger partial charge in [0, 0.05) is 25.2 Å². The van der Waals surface area contributed by atoms with Crippen LogP contribution in [-0.2, 0) is 13.1 Å². The number of hydrogen-bond acceptors (Lipinski definition) is 4. The van der Waals surface area contributed by atoms with Gasteiger partial charge >= 0.3 is 0 Å². The van der Waals surface area contributed by atoms with Crippen LogP contribution in [-0.4, -0.2) is 50.1 Å². The Labute approximate surface area is 110 Å². The Balaban J connectivity index is 1.75. The molecule has 1 N–H and O–H groups in total. The molecule has 4 nitrogen and oxygen atoms in total. The normalized spacial score (nSPS) is 16.8. The van der Waals surface area contributed by atoms with E-state index in [0.717, 1.165) is 25.4 Å². The van der Waals surface area contributed by atoms with Gasteiger partial charge in [-0.3, -0.25) is 0 Å². The number of likely N-dealkylation sites (N-methyl/N-ethyl adjacent to an activating group) is 1. The Hall–Kier alpha value is -0.840. The molecule has 2 rings (SSSR count). The molecule has 2 heterocycles. The molecule has 1 aromatic heterocycles. The minimum atomic E-state index is 0.808. The zero-order valence-electron chi connectivity index (χ0n) is 11.6. The van der Waals surface area contributed by atoms with Gasteiger partial charge in [-0.2, -0.15) is 0 Å². The maximum atomic E-state index is 5.48. The highest BCUT2D eigenvalue weighted by Gasteiger charge is 2.13. The average molecular weight is 251 g/mol. The molecule has 0 atom stereocenters. The lowest BCUT2D eigenvalue weighted by Crippen LogP contribution is -2.31. The highest BCUT2D eigenvalue weighted by Crippen LogP contribution is 2.13. The molecule has 0 aromatic carbocycles. The Bertz CT molecular complexity index is 345. The second-order valence-electron chi connectivity index (χ2n) is 5.19. The third kappa shape index (κ3) is 3.83. The van der Waals surface area contributed by atoms with E-state index in [4.69, 9.17) is 4.42 Å². The quantitative estimate of drug-likeness (QED) is 0.796. The number of nitrogens with one attached hydrogen (secondary N) is 1. The fourth-order valence-corrected chi connectivity index (χ4v) is 2.51. The van der Waals surface area contributed by atoms with E-state index in [1.165, 1.54) is 38.0 Å². The summed E-state index contributed by atoms with van der Waals surface area (Å²) in [6, 6.07) is 2.08. The number of nitrogens with zero attached hydrogens (tertiary/aromatic N) is 2. The second kappa shape index (κ2) is 6.92. The molecule has 1 aromatic rings. The van der Waals surface area contributed by atoms with Crippen molar-refractivity contribution in [1.82, 2.24) is 15.1 Å². The molecule has 0 saturated carbocycles. The average Bonchev–Trinajstić information content (AvgIpc) is 2.99. The second-order valence-corrected chi connectivity index (χ2v) is 5.19. The van der Waals surface area contributed by atoms with Crippen LogP contribution in [0.3, 0.4) is 0 Å². The summed E-state index contributed by atoms with van der Waals surface area (Å²) < 4.78 is 5.48. The summed E-state index contributed by atoms with van der Waals surface area (Å²) in [6.45, 7) is 6.67. The molecular formula is C14H25N3O. The van der Waals surface area contributed by atoms with E-state index in [9.17, 15) is 0 Å². The van der Waals surface area contributed by atoms with Crippen molar-refractivity contribution < 1.29 is 4.42 Å². The van der Waals surface area contributed by atoms with Crippen molar-refractivity contribution in [2.45, 2.75) is 25.9 Å². The van der Waals surface area contributed by atoms with Crippen LogP contribution in [0.5, 0.6) is 0 Å². The molecule has 0 radical (unpaired) electrons. The van der Waals surface area contributed by atoms with Gasteiger partial charge in [0.15, 0.2) is 0 Å². The van der Waals surface area contributed by atoms with Gasteiger partial charge in [0.25, 0.3) is 0 Å². The van der Waals surface area contributed by atoms with Crippen molar-refractivity contribution in [1.29, 1.82) is 0 Å². The third-order valence-electron chi connectivity index (χ3n) is 3.61. The van der Waals surface area contributed by atoms with Gasteiger partial charge in [-0.25, -0.2) is 0 Å². The van der Waals surface area contributed by atoms with Gasteiger partial charge in [0.1, 0.15) is 5.76 Å². The van der Waals surface area contributed by atoms with E-state index >= 15 is 0 Å². The monoisotopic (exact) mass is 251 g/mol. The van der Waals surface area contributed by atoms with Gasteiger partial charge in [0.05, 0.1) is 12.8 Å². The Morgan fingerprint density at radius 2 is 2.17 bits per heavy atom. The molecule has 1 aliphatic heterocycles. The summed E-state index contributed by atoms with van der Waals surface area (Å²) in [5, 5.41) is 3.14. The molecule has 0 amide bonds. The molecular weight excluding hydrogens is 226 g/mol. The minimum Gasteiger partial charge on any atom is -0.468 e. The highest BCUT2D eigenvalue weighted by atomic mass is 16.3. The van der Waals surface area contributed by atoms with Gasteiger partial charge in [-0.05, 0) is 46.1 Å². The van der Waals surface area contributed by atoms with Crippen molar-refractivity contribution in [3.05, 3.63) is 23.7 Å². The van der Waals surface area contributed by atoms with Crippen LogP contribution < -0.4 is 5.32 Å². The van der Waals surface area contributed by atoms with Crippen LogP contribution in [0.25, 0.3) is 0 Å². The van der Waals surface area contributed by atoms with E-state index < -0.39 is 0 Å². The van der Waals surface area contributed by atoms with Gasteiger partial charge in [0.2, 0.25) is 0 Å². The largest absolute Gasteiger partial charge is 0.468 e. The molecule has 0 spiro atoms. The lowest BCUT2D eigenvalue weighted by molar-refractivity contribution is 0.251. The number of hydrogen-bond donors (Lipinski definition) is 1. The Morgan fingerprint density at radius 3 is 2.89 bits per heavy atom. The zero-order valence-corrected chi connectivity index (χ0v) is 11.6. The first kappa shape index (κ1) is 13.6. The van der Waals surface area contributed by atoms with Crippen LogP contribution in [0, 0.1) is 0 Å². The van der Waals surface area contributed by atoms with E-state index in [1.54, 1.807) is 6.26 Å². The first-order chi connectivity index (χ1) is 8.79. The molecule has 1 saturated heterocycles. The maximum Gasteiger partial charge on any atom is 0.122 e. The number of rotatable bonds is 7. The minimum absolute atomic E-state index is 0.808. The first-order valence-corrected chi connectivity index (χ1v) is 6.90. The molecule has 0 aliphatic carbocycles. The van der Waals surface area contributed by atoms with Gasteiger partial charge < -0.3 is 19.5 Å². The third-order valence-corrected chi connectivity index (χ3v) is 3.61. The van der Waals surface area contributed by atoms with E-state index in [2.05, 4.69) is 28.2 Å². The lowest BCUT2D eigenvalue weighted by Gasteiger charge is -2.21. The van der Waals surface area contributed by atoms with Crippen molar-refractivity contribution in [3.8, 4) is 0 Å². The Morgan fingerprint density at radius 1 is 1.39 bits per heavy atom. The van der Waals surface area contributed by atoms with E-state index in [-0.39, 0.29) is 0 Å². The van der Waals surface area contributed by atoms with Crippen LogP contribution >= 0.6 is 0 Å². The fourth-order valence-electron chi connectivity index (χ4n) is 2.51. The van der Waals surface area contributed by atoms with Crippen LogP contribution in [0.15, 0.2) is 16.7 Å². The summed E-state index contributed by atoms with van der Waals surface area (Å²) >= 11 is 0. The smallest absolute Gasteiger partial charge is 0.122 e. The van der Waals surface area contributed by atoms with Crippen molar-refractivity contribution >= 4 is 0 Å². The Kier molecular flexibility index (Phi) is 5.23. The van der Waals surface area contributed by atoms with Crippen LogP contribution in [0.1, 0.15) is 24.2 Å². The first-order valence-electron chi connectivity index (χ1n) is 6.90. The predicted octanol–water partition coefficient (Wildman–Crippen LogP) is 1.53. The topological polar surface area (TPSA) is 31.7 Å². The summed E-state index contributed by atoms with van der Waals surface area (Å²) in [7, 11) is 4.13. The zero-order chi connectivity index (χ0) is 12.8. The SMILES string of the molecule is CNCc1occc1CN(C)CCN1CCCC1. The van der Waals surface area contributed by atoms with Gasteiger partial charge in [-0.15, -0.1) is 0 Å². The predicted molar refractivity (Wildman–Crippen MR) is 73.5 cm³/mol. The standard InChI is InChI=1S/C14H25N3O/c1-15-11-14-13(5-10-18-14)12-16(2)8-9-17-6-3-4-7-17/h5,10,15H,3-4,6-9,11-12H2,1-2H3. The number of likely N-dealkylation sites (tertiary alicyclic amines) is 1. The van der Waals surface area contributed by atoms with Crippen molar-refractivity contribution in [3.63, 3.8) is 0 Å². The maximum absolute atomic E-state index is 5.48. The fraction of sp³-hybridized carbons (Fsp3) is 0.714. The van der Waals surface area contributed by atoms with Crippen LogP contribution in [0.2, 0.25) is 0 Å². The van der Waals surface area contributed by atoms with Crippen molar-refractivity contribution in [2.24, 2.45) is 0 Å². The summed E-state index contributed by atoms with van der Waals surface area (Å²) in [5.41, 5.74) is 1.30. The highest BCUT2D eigenvalue weighted by molar-refractivity contribution is 5.16. The van der Waals surface area contributed by atoms with E-state index in [1.807, 2.05) is 7.05 Å². The van der Waals surface area contributed by atoms with E-state index in [0.29, 0.717) is 0 Å². The van der Waals surface area contributed by atoms with Crippen LogP contribution in [0.4, 0.5) is 0 Å². The van der Waals surface area contributed by atoms with Gasteiger partial charge in [-0.1, -0.05) is 0 Å². The molecule has 18 heavy (non-hydrogen) atoms. The molecule has 0 unspecified atom stereocenters. The lowest BCUT2D eigenvalue weighted by atomic mass is 10.2. The molecule has 102 valence electrons. The molecule has 1 aliphatic rings. The molecule has 0 bridgehead atoms.